The van der Waals surface area contributed by atoms with Crippen LogP contribution in [0.3, 0.4) is 0 Å². The summed E-state index contributed by atoms with van der Waals surface area (Å²) in [7, 11) is 0. The molecule has 0 saturated heterocycles. The molecule has 0 bridgehead atoms. The number of nitrogens with two attached hydrogens (primary N) is 1. The third-order valence-corrected chi connectivity index (χ3v) is 1.26. The van der Waals surface area contributed by atoms with Crippen LogP contribution in [0.25, 0.3) is 0 Å². The molecule has 0 saturated carbocycles. The monoisotopic (exact) mass is 217 g/mol. The van der Waals surface area contributed by atoms with E-state index < -0.39 is 11.9 Å². The van der Waals surface area contributed by atoms with Crippen LogP contribution in [-0.2, 0) is 14.4 Å². The first-order chi connectivity index (χ1) is 7.16. The molecule has 0 aliphatic rings. The van der Waals surface area contributed by atoms with Crippen molar-refractivity contribution in [3.05, 3.63) is 12.2 Å². The maximum absolute atomic E-state index is 10.8. The molecule has 7 nitrogen and oxygen atoms in total. The van der Waals surface area contributed by atoms with Gasteiger partial charge in [-0.2, -0.15) is 5.48 Å². The van der Waals surface area contributed by atoms with Gasteiger partial charge in [-0.3, -0.25) is 0 Å². The number of hydroxylamine groups is 1. The molecule has 0 rings (SSSR count). The van der Waals surface area contributed by atoms with Crippen LogP contribution in [0, 0.1) is 0 Å². The van der Waals surface area contributed by atoms with Gasteiger partial charge in [-0.05, 0) is 0 Å². The zero-order chi connectivity index (χ0) is 11.5. The second-order valence-electron chi connectivity index (χ2n) is 2.53. The largest absolute Gasteiger partial charge is 0.478 e. The van der Waals surface area contributed by atoms with E-state index in [1.807, 2.05) is 0 Å². The molecule has 0 spiro atoms. The van der Waals surface area contributed by atoms with Gasteiger partial charge in [-0.15, -0.1) is 0 Å². The summed E-state index contributed by atoms with van der Waals surface area (Å²) in [5.41, 5.74) is 7.60. The quantitative estimate of drug-likeness (QED) is 0.216. The molecule has 0 unspecified atom stereocenters. The Balaban J connectivity index is 3.35. The number of carboxylic acid groups (broad SMARTS) is 1. The molecule has 0 aromatic rings. The minimum Gasteiger partial charge on any atom is -0.478 e. The van der Waals surface area contributed by atoms with Gasteiger partial charge in [0, 0.05) is 38.3 Å². The molecule has 0 aromatic heterocycles. The fourth-order valence-corrected chi connectivity index (χ4v) is 0.662. The van der Waals surface area contributed by atoms with Crippen molar-refractivity contribution in [2.75, 3.05) is 26.2 Å². The Kier molecular flexibility index (Phi) is 8.25. The summed E-state index contributed by atoms with van der Waals surface area (Å²) in [6.45, 7) is 2.26. The summed E-state index contributed by atoms with van der Waals surface area (Å²) in [5, 5.41) is 11.2. The highest BCUT2D eigenvalue weighted by Gasteiger charge is 1.97. The lowest BCUT2D eigenvalue weighted by Crippen LogP contribution is -2.31. The van der Waals surface area contributed by atoms with Crippen molar-refractivity contribution in [1.29, 1.82) is 0 Å². The van der Waals surface area contributed by atoms with Crippen LogP contribution in [0.2, 0.25) is 0 Å². The van der Waals surface area contributed by atoms with E-state index in [-0.39, 0.29) is 0 Å². The number of aliphatic carboxylic acids is 1. The van der Waals surface area contributed by atoms with Crippen LogP contribution in [0.1, 0.15) is 0 Å². The van der Waals surface area contributed by atoms with Crippen LogP contribution in [0.15, 0.2) is 12.2 Å². The van der Waals surface area contributed by atoms with Gasteiger partial charge in [0.2, 0.25) is 0 Å². The van der Waals surface area contributed by atoms with E-state index in [1.54, 1.807) is 0 Å². The Hall–Kier alpha value is -1.44. The average Bonchev–Trinajstić information content (AvgIpc) is 2.20. The van der Waals surface area contributed by atoms with Gasteiger partial charge in [-0.1, -0.05) is 0 Å². The zero-order valence-corrected chi connectivity index (χ0v) is 8.23. The van der Waals surface area contributed by atoms with E-state index in [4.69, 9.17) is 10.8 Å². The SMILES string of the molecule is NCCNCCNOC(=O)/C=C\C(=O)O. The average molecular weight is 217 g/mol. The van der Waals surface area contributed by atoms with E-state index in [0.717, 1.165) is 6.08 Å². The normalized spacial score (nSPS) is 10.5. The molecule has 0 aromatic carbocycles. The van der Waals surface area contributed by atoms with Crippen molar-refractivity contribution in [3.63, 3.8) is 0 Å². The Morgan fingerprint density at radius 1 is 1.27 bits per heavy atom. The summed E-state index contributed by atoms with van der Waals surface area (Å²) in [6.07, 6.45) is 1.53. The van der Waals surface area contributed by atoms with Crippen molar-refractivity contribution >= 4 is 11.9 Å². The molecule has 0 amide bonds. The molecule has 86 valence electrons. The van der Waals surface area contributed by atoms with Gasteiger partial charge in [-0.25, -0.2) is 9.59 Å². The van der Waals surface area contributed by atoms with E-state index in [9.17, 15) is 9.59 Å². The van der Waals surface area contributed by atoms with Gasteiger partial charge < -0.3 is 21.0 Å². The van der Waals surface area contributed by atoms with Crippen molar-refractivity contribution < 1.29 is 19.5 Å². The van der Waals surface area contributed by atoms with Crippen LogP contribution in [-0.4, -0.2) is 43.2 Å². The van der Waals surface area contributed by atoms with Gasteiger partial charge in [0.1, 0.15) is 0 Å². The Morgan fingerprint density at radius 2 is 2.00 bits per heavy atom. The number of nitrogens with one attached hydrogen (secondary N) is 2. The Labute approximate surface area is 87.2 Å². The molecular formula is C8H15N3O4. The van der Waals surface area contributed by atoms with Crippen LogP contribution in [0.5, 0.6) is 0 Å². The topological polar surface area (TPSA) is 114 Å². The minimum absolute atomic E-state index is 0.423. The van der Waals surface area contributed by atoms with Gasteiger partial charge >= 0.3 is 11.9 Å². The highest BCUT2D eigenvalue weighted by atomic mass is 16.7. The van der Waals surface area contributed by atoms with Gasteiger partial charge in [0.05, 0.1) is 0 Å². The standard InChI is InChI=1S/C8H15N3O4/c9-3-4-10-5-6-11-15-8(14)2-1-7(12)13/h1-2,10-11H,3-6,9H2,(H,12,13)/b2-1-. The van der Waals surface area contributed by atoms with Crippen LogP contribution >= 0.6 is 0 Å². The van der Waals surface area contributed by atoms with Gasteiger partial charge in [0.25, 0.3) is 0 Å². The summed E-state index contributed by atoms with van der Waals surface area (Å²) < 4.78 is 0. The van der Waals surface area contributed by atoms with Crippen molar-refractivity contribution in [1.82, 2.24) is 10.8 Å². The van der Waals surface area contributed by atoms with Crippen molar-refractivity contribution in [3.8, 4) is 0 Å². The minimum atomic E-state index is -1.20. The number of carbonyl (C=O) groups excluding carboxylic acids is 1. The first kappa shape index (κ1) is 13.6. The highest BCUT2D eigenvalue weighted by molar-refractivity contribution is 5.90. The van der Waals surface area contributed by atoms with Gasteiger partial charge in [0.15, 0.2) is 0 Å². The molecule has 7 heteroatoms. The van der Waals surface area contributed by atoms with E-state index in [1.165, 1.54) is 0 Å². The molecule has 0 aliphatic carbocycles. The maximum atomic E-state index is 10.8. The highest BCUT2D eigenvalue weighted by Crippen LogP contribution is 1.77. The fraction of sp³-hybridized carbons (Fsp3) is 0.500. The lowest BCUT2D eigenvalue weighted by molar-refractivity contribution is -0.145. The third-order valence-electron chi connectivity index (χ3n) is 1.26. The zero-order valence-electron chi connectivity index (χ0n) is 8.23. The summed E-state index contributed by atoms with van der Waals surface area (Å²) in [6, 6.07) is 0. The lowest BCUT2D eigenvalue weighted by Gasteiger charge is -2.04. The first-order valence-electron chi connectivity index (χ1n) is 4.42. The molecular weight excluding hydrogens is 202 g/mol. The molecule has 15 heavy (non-hydrogen) atoms. The molecule has 0 radical (unpaired) electrons. The summed E-state index contributed by atoms with van der Waals surface area (Å²) in [4.78, 5) is 25.2. The number of rotatable bonds is 8. The third kappa shape index (κ3) is 10.5. The smallest absolute Gasteiger partial charge is 0.349 e. The maximum Gasteiger partial charge on any atom is 0.349 e. The Bertz CT molecular complexity index is 230. The lowest BCUT2D eigenvalue weighted by atomic mass is 10.5. The second-order valence-corrected chi connectivity index (χ2v) is 2.53. The predicted molar refractivity (Wildman–Crippen MR) is 52.8 cm³/mol. The molecule has 0 atom stereocenters. The van der Waals surface area contributed by atoms with E-state index in [0.29, 0.717) is 32.3 Å². The molecule has 5 N–H and O–H groups in total. The summed E-state index contributed by atoms with van der Waals surface area (Å²) >= 11 is 0. The predicted octanol–water partition coefficient (Wildman–Crippen LogP) is -1.78. The molecule has 0 fully saturated rings. The fourth-order valence-electron chi connectivity index (χ4n) is 0.662. The first-order valence-corrected chi connectivity index (χ1v) is 4.42. The molecule has 0 aliphatic heterocycles. The number of hydrogen-bond acceptors (Lipinski definition) is 6. The van der Waals surface area contributed by atoms with Crippen molar-refractivity contribution in [2.24, 2.45) is 5.73 Å². The number of hydrogen-bond donors (Lipinski definition) is 4. The Morgan fingerprint density at radius 3 is 2.60 bits per heavy atom. The second kappa shape index (κ2) is 9.13. The molecule has 0 heterocycles. The number of carbonyl (C=O) groups is 2. The van der Waals surface area contributed by atoms with Crippen molar-refractivity contribution in [2.45, 2.75) is 0 Å². The van der Waals surface area contributed by atoms with Crippen LogP contribution in [0.4, 0.5) is 0 Å². The van der Waals surface area contributed by atoms with E-state index in [2.05, 4.69) is 15.6 Å². The summed E-state index contributed by atoms with van der Waals surface area (Å²) in [5.74, 6) is -1.95. The number of carboxylic acids is 1. The van der Waals surface area contributed by atoms with Crippen LogP contribution < -0.4 is 16.5 Å². The van der Waals surface area contributed by atoms with E-state index >= 15 is 0 Å².